The number of hydrogen-bond acceptors (Lipinski definition) is 3. The monoisotopic (exact) mass is 281 g/mol. The van der Waals surface area contributed by atoms with Crippen molar-refractivity contribution in [3.05, 3.63) is 48.6 Å². The van der Waals surface area contributed by atoms with Gasteiger partial charge in [0.15, 0.2) is 0 Å². The molecule has 1 unspecified atom stereocenters. The van der Waals surface area contributed by atoms with Crippen LogP contribution in [0.4, 0.5) is 0 Å². The van der Waals surface area contributed by atoms with Crippen LogP contribution in [-0.2, 0) is 9.09 Å². The predicted octanol–water partition coefficient (Wildman–Crippen LogP) is 4.02. The summed E-state index contributed by atoms with van der Waals surface area (Å²) < 4.78 is 22.4. The van der Waals surface area contributed by atoms with Crippen molar-refractivity contribution in [3.8, 4) is 5.75 Å². The molecule has 0 aliphatic carbocycles. The van der Waals surface area contributed by atoms with E-state index in [1.807, 2.05) is 32.1 Å². The van der Waals surface area contributed by atoms with E-state index < -0.39 is 7.75 Å². The van der Waals surface area contributed by atoms with E-state index in [0.717, 1.165) is 11.1 Å². The summed E-state index contributed by atoms with van der Waals surface area (Å²) in [6.45, 7) is 8.04. The van der Waals surface area contributed by atoms with E-state index >= 15 is 0 Å². The normalized spacial score (nSPS) is 14.8. The van der Waals surface area contributed by atoms with Crippen molar-refractivity contribution in [2.24, 2.45) is 0 Å². The summed E-state index contributed by atoms with van der Waals surface area (Å²) in [4.78, 5) is 0. The first-order valence-corrected chi connectivity index (χ1v) is 7.62. The van der Waals surface area contributed by atoms with E-state index in [4.69, 9.17) is 9.05 Å². The summed E-state index contributed by atoms with van der Waals surface area (Å²) >= 11 is 0. The van der Waals surface area contributed by atoms with Gasteiger partial charge >= 0.3 is 7.75 Å². The number of nitrogens with one attached hydrogen (secondary N) is 1. The maximum atomic E-state index is 12.1. The number of rotatable bonds is 7. The maximum absolute atomic E-state index is 12.1. The lowest BCUT2D eigenvalue weighted by Crippen LogP contribution is -2.14. The average Bonchev–Trinajstić information content (AvgIpc) is 2.42. The van der Waals surface area contributed by atoms with Crippen LogP contribution in [0.1, 0.15) is 19.4 Å². The molecule has 1 rings (SSSR count). The molecule has 0 radical (unpaired) electrons. The summed E-state index contributed by atoms with van der Waals surface area (Å²) in [5.74, 6) is 0.495. The highest BCUT2D eigenvalue weighted by molar-refractivity contribution is 7.52. The summed E-state index contributed by atoms with van der Waals surface area (Å²) in [6.07, 6.45) is 3.76. The van der Waals surface area contributed by atoms with Crippen LogP contribution in [0.25, 0.3) is 5.57 Å². The van der Waals surface area contributed by atoms with Gasteiger partial charge in [-0.2, -0.15) is 0 Å². The fraction of sp³-hybridized carbons (Fsp3) is 0.286. The van der Waals surface area contributed by atoms with Crippen molar-refractivity contribution in [2.75, 3.05) is 13.7 Å². The van der Waals surface area contributed by atoms with Gasteiger partial charge in [-0.25, -0.2) is 9.65 Å². The van der Waals surface area contributed by atoms with E-state index in [9.17, 15) is 4.57 Å². The van der Waals surface area contributed by atoms with Gasteiger partial charge in [0.05, 0.1) is 0 Å². The average molecular weight is 281 g/mol. The van der Waals surface area contributed by atoms with Gasteiger partial charge in [0.2, 0.25) is 0 Å². The van der Waals surface area contributed by atoms with Gasteiger partial charge in [0.1, 0.15) is 5.75 Å². The second-order valence-electron chi connectivity index (χ2n) is 3.76. The zero-order valence-corrected chi connectivity index (χ0v) is 12.4. The third-order valence-corrected chi connectivity index (χ3v) is 4.17. The Bertz CT molecular complexity index is 494. The fourth-order valence-corrected chi connectivity index (χ4v) is 2.63. The van der Waals surface area contributed by atoms with E-state index in [-0.39, 0.29) is 0 Å². The first-order chi connectivity index (χ1) is 9.08. The lowest BCUT2D eigenvalue weighted by atomic mass is 10.1. The van der Waals surface area contributed by atoms with Gasteiger partial charge in [-0.05, 0) is 30.2 Å². The van der Waals surface area contributed by atoms with Crippen LogP contribution in [0.5, 0.6) is 5.75 Å². The quantitative estimate of drug-likeness (QED) is 0.605. The Balaban J connectivity index is 2.88. The Morgan fingerprint density at radius 2 is 2.05 bits per heavy atom. The minimum Gasteiger partial charge on any atom is -0.413 e. The SMILES string of the molecule is C=CC(=CC)c1ccc(OP(=O)(NCC)OC)cc1. The first-order valence-electron chi connectivity index (χ1n) is 6.08. The molecule has 1 aromatic carbocycles. The van der Waals surface area contributed by atoms with Crippen LogP contribution < -0.4 is 9.61 Å². The molecule has 1 aromatic rings. The molecule has 0 aromatic heterocycles. The van der Waals surface area contributed by atoms with Crippen LogP contribution in [0, 0.1) is 0 Å². The molecule has 1 N–H and O–H groups in total. The van der Waals surface area contributed by atoms with Crippen molar-refractivity contribution in [3.63, 3.8) is 0 Å². The van der Waals surface area contributed by atoms with Crippen molar-refractivity contribution < 1.29 is 13.6 Å². The third-order valence-electron chi connectivity index (χ3n) is 2.54. The third kappa shape index (κ3) is 4.35. The second-order valence-corrected chi connectivity index (χ2v) is 5.61. The Morgan fingerprint density at radius 3 is 2.47 bits per heavy atom. The van der Waals surface area contributed by atoms with E-state index in [2.05, 4.69) is 11.7 Å². The largest absolute Gasteiger partial charge is 0.458 e. The van der Waals surface area contributed by atoms with Gasteiger partial charge in [0.25, 0.3) is 0 Å². The summed E-state index contributed by atoms with van der Waals surface area (Å²) in [5, 5.41) is 2.70. The van der Waals surface area contributed by atoms with E-state index in [1.165, 1.54) is 7.11 Å². The highest BCUT2D eigenvalue weighted by Gasteiger charge is 2.22. The summed E-state index contributed by atoms with van der Waals surface area (Å²) in [6, 6.07) is 7.28. The fourth-order valence-electron chi connectivity index (χ4n) is 1.58. The zero-order chi connectivity index (χ0) is 14.3. The van der Waals surface area contributed by atoms with Crippen molar-refractivity contribution in [1.29, 1.82) is 0 Å². The van der Waals surface area contributed by atoms with E-state index in [0.29, 0.717) is 12.3 Å². The van der Waals surface area contributed by atoms with Crippen LogP contribution in [0.3, 0.4) is 0 Å². The topological polar surface area (TPSA) is 47.6 Å². The molecule has 0 saturated carbocycles. The van der Waals surface area contributed by atoms with E-state index in [1.54, 1.807) is 18.2 Å². The van der Waals surface area contributed by atoms with Crippen LogP contribution >= 0.6 is 7.75 Å². The Hall–Kier alpha value is -1.35. The minimum absolute atomic E-state index is 0.495. The van der Waals surface area contributed by atoms with Crippen LogP contribution in [0.2, 0.25) is 0 Å². The Kier molecular flexibility index (Phi) is 6.03. The smallest absolute Gasteiger partial charge is 0.413 e. The van der Waals surface area contributed by atoms with Gasteiger partial charge in [-0.15, -0.1) is 0 Å². The van der Waals surface area contributed by atoms with Gasteiger partial charge in [0, 0.05) is 13.7 Å². The molecule has 5 heteroatoms. The van der Waals surface area contributed by atoms with Crippen LogP contribution in [0.15, 0.2) is 43.0 Å². The molecule has 0 saturated heterocycles. The molecule has 104 valence electrons. The van der Waals surface area contributed by atoms with Crippen molar-refractivity contribution in [2.45, 2.75) is 13.8 Å². The molecule has 0 spiro atoms. The second kappa shape index (κ2) is 7.29. The standard InChI is InChI=1S/C14H20NO3P/c1-5-12(6-2)13-8-10-14(11-9-13)18-19(16,17-4)15-7-3/h5-6,8-11H,1,7H2,2-4H3,(H,15,16). The van der Waals surface area contributed by atoms with Crippen molar-refractivity contribution >= 4 is 13.3 Å². The van der Waals surface area contributed by atoms with Crippen molar-refractivity contribution in [1.82, 2.24) is 5.09 Å². The number of hydrogen-bond donors (Lipinski definition) is 1. The molecule has 0 fully saturated rings. The maximum Gasteiger partial charge on any atom is 0.458 e. The summed E-state index contributed by atoms with van der Waals surface area (Å²) in [7, 11) is -1.91. The number of benzene rings is 1. The van der Waals surface area contributed by atoms with Gasteiger partial charge < -0.3 is 4.52 Å². The van der Waals surface area contributed by atoms with Gasteiger partial charge in [-0.1, -0.05) is 37.8 Å². The lowest BCUT2D eigenvalue weighted by molar-refractivity contribution is 0.310. The molecule has 0 bridgehead atoms. The Labute approximate surface area is 114 Å². The molecule has 0 aliphatic heterocycles. The lowest BCUT2D eigenvalue weighted by Gasteiger charge is -2.17. The zero-order valence-electron chi connectivity index (χ0n) is 11.6. The minimum atomic E-state index is -3.26. The molecular weight excluding hydrogens is 261 g/mol. The molecule has 1 atom stereocenters. The first kappa shape index (κ1) is 15.7. The highest BCUT2D eigenvalue weighted by Crippen LogP contribution is 2.43. The Morgan fingerprint density at radius 1 is 1.42 bits per heavy atom. The van der Waals surface area contributed by atoms with Crippen LogP contribution in [-0.4, -0.2) is 13.7 Å². The molecule has 0 amide bonds. The molecule has 0 heterocycles. The molecule has 0 aliphatic rings. The molecule has 19 heavy (non-hydrogen) atoms. The molecule has 4 nitrogen and oxygen atoms in total. The highest BCUT2D eigenvalue weighted by atomic mass is 31.2. The predicted molar refractivity (Wildman–Crippen MR) is 79.2 cm³/mol. The van der Waals surface area contributed by atoms with Gasteiger partial charge in [-0.3, -0.25) is 4.52 Å². The molecular formula is C14H20NO3P. The summed E-state index contributed by atoms with van der Waals surface area (Å²) in [5.41, 5.74) is 2.06. The number of allylic oxidation sites excluding steroid dienone is 3.